The fourth-order valence-corrected chi connectivity index (χ4v) is 0.693. The van der Waals surface area contributed by atoms with Gasteiger partial charge in [-0.2, -0.15) is 0 Å². The van der Waals surface area contributed by atoms with Crippen LogP contribution in [0.5, 0.6) is 0 Å². The first-order chi connectivity index (χ1) is 5.65. The molecule has 1 aromatic heterocycles. The SMILES string of the molecule is COC(=N)c1ccc(C(N)=O)o1. The van der Waals surface area contributed by atoms with E-state index in [-0.39, 0.29) is 17.4 Å². The van der Waals surface area contributed by atoms with Crippen LogP contribution in [-0.4, -0.2) is 18.9 Å². The molecule has 0 saturated carbocycles. The summed E-state index contributed by atoms with van der Waals surface area (Å²) < 4.78 is 9.44. The molecular formula is C7H8N2O3. The molecule has 12 heavy (non-hydrogen) atoms. The van der Waals surface area contributed by atoms with Gasteiger partial charge in [0.25, 0.3) is 5.91 Å². The molecule has 0 unspecified atom stereocenters. The second-order valence-corrected chi connectivity index (χ2v) is 2.06. The molecule has 5 heteroatoms. The molecule has 0 aliphatic heterocycles. The summed E-state index contributed by atoms with van der Waals surface area (Å²) in [6, 6.07) is 2.84. The largest absolute Gasteiger partial charge is 0.479 e. The Bertz CT molecular complexity index is 316. The van der Waals surface area contributed by atoms with Crippen LogP contribution in [0.15, 0.2) is 16.5 Å². The maximum absolute atomic E-state index is 10.5. The Hall–Kier alpha value is -1.78. The Balaban J connectivity index is 2.91. The van der Waals surface area contributed by atoms with Gasteiger partial charge in [0.05, 0.1) is 7.11 Å². The lowest BCUT2D eigenvalue weighted by molar-refractivity contribution is 0.0973. The topological polar surface area (TPSA) is 89.3 Å². The van der Waals surface area contributed by atoms with Crippen molar-refractivity contribution in [1.29, 1.82) is 5.41 Å². The van der Waals surface area contributed by atoms with Crippen LogP contribution in [0.4, 0.5) is 0 Å². The van der Waals surface area contributed by atoms with Gasteiger partial charge in [-0.15, -0.1) is 0 Å². The van der Waals surface area contributed by atoms with Crippen LogP contribution in [0.2, 0.25) is 0 Å². The standard InChI is InChI=1S/C7H8N2O3/c1-11-7(9)5-3-2-4(12-5)6(8)10/h2-3,9H,1H3,(H2,8,10). The number of ether oxygens (including phenoxy) is 1. The fraction of sp³-hybridized carbons (Fsp3) is 0.143. The van der Waals surface area contributed by atoms with E-state index in [9.17, 15) is 4.79 Å². The van der Waals surface area contributed by atoms with Crippen LogP contribution >= 0.6 is 0 Å². The first kappa shape index (κ1) is 8.32. The molecule has 0 saturated heterocycles. The van der Waals surface area contributed by atoms with Gasteiger partial charge in [-0.3, -0.25) is 10.2 Å². The number of carbonyl (C=O) groups is 1. The van der Waals surface area contributed by atoms with Crippen LogP contribution in [0, 0.1) is 5.41 Å². The van der Waals surface area contributed by atoms with Crippen LogP contribution in [0.25, 0.3) is 0 Å². The summed E-state index contributed by atoms with van der Waals surface area (Å²) in [5.74, 6) is -0.592. The van der Waals surface area contributed by atoms with Crippen LogP contribution in [0.1, 0.15) is 16.3 Å². The Morgan fingerprint density at radius 2 is 2.17 bits per heavy atom. The van der Waals surface area contributed by atoms with Gasteiger partial charge in [-0.25, -0.2) is 0 Å². The molecule has 3 N–H and O–H groups in total. The van der Waals surface area contributed by atoms with Crippen molar-refractivity contribution in [3.63, 3.8) is 0 Å². The van der Waals surface area contributed by atoms with Crippen molar-refractivity contribution in [3.05, 3.63) is 23.7 Å². The van der Waals surface area contributed by atoms with Crippen LogP contribution in [-0.2, 0) is 4.74 Å². The number of nitrogens with one attached hydrogen (secondary N) is 1. The van der Waals surface area contributed by atoms with E-state index in [1.165, 1.54) is 19.2 Å². The van der Waals surface area contributed by atoms with Gasteiger partial charge >= 0.3 is 0 Å². The molecule has 0 aromatic carbocycles. The smallest absolute Gasteiger partial charge is 0.284 e. The minimum Gasteiger partial charge on any atom is -0.479 e. The van der Waals surface area contributed by atoms with Gasteiger partial charge in [0.1, 0.15) is 0 Å². The first-order valence-corrected chi connectivity index (χ1v) is 3.17. The molecule has 0 bridgehead atoms. The number of rotatable bonds is 2. The number of furan rings is 1. The highest BCUT2D eigenvalue weighted by Crippen LogP contribution is 2.07. The van der Waals surface area contributed by atoms with E-state index < -0.39 is 5.91 Å². The van der Waals surface area contributed by atoms with Crippen molar-refractivity contribution in [3.8, 4) is 0 Å². The first-order valence-electron chi connectivity index (χ1n) is 3.17. The average molecular weight is 168 g/mol. The number of hydrogen-bond donors (Lipinski definition) is 2. The van der Waals surface area contributed by atoms with Crippen molar-refractivity contribution < 1.29 is 13.9 Å². The van der Waals surface area contributed by atoms with Crippen molar-refractivity contribution in [1.82, 2.24) is 0 Å². The van der Waals surface area contributed by atoms with Crippen LogP contribution < -0.4 is 5.73 Å². The van der Waals surface area contributed by atoms with Gasteiger partial charge in [0.2, 0.25) is 5.90 Å². The number of nitrogens with two attached hydrogens (primary N) is 1. The van der Waals surface area contributed by atoms with E-state index in [4.69, 9.17) is 15.6 Å². The average Bonchev–Trinajstić information content (AvgIpc) is 2.51. The van der Waals surface area contributed by atoms with E-state index in [1.807, 2.05) is 0 Å². The summed E-state index contributed by atoms with van der Waals surface area (Å²) in [7, 11) is 1.34. The summed E-state index contributed by atoms with van der Waals surface area (Å²) in [5.41, 5.74) is 4.92. The van der Waals surface area contributed by atoms with Gasteiger partial charge in [-0.1, -0.05) is 0 Å². The zero-order valence-electron chi connectivity index (χ0n) is 6.46. The normalized spacial score (nSPS) is 9.42. The molecule has 64 valence electrons. The highest BCUT2D eigenvalue weighted by atomic mass is 16.5. The summed E-state index contributed by atoms with van der Waals surface area (Å²) in [4.78, 5) is 10.5. The summed E-state index contributed by atoms with van der Waals surface area (Å²) >= 11 is 0. The van der Waals surface area contributed by atoms with Crippen molar-refractivity contribution in [2.45, 2.75) is 0 Å². The molecule has 0 fully saturated rings. The minimum absolute atomic E-state index is 0.0202. The number of hydrogen-bond acceptors (Lipinski definition) is 4. The lowest BCUT2D eigenvalue weighted by atomic mass is 10.4. The monoisotopic (exact) mass is 168 g/mol. The third kappa shape index (κ3) is 1.45. The third-order valence-corrected chi connectivity index (χ3v) is 1.28. The molecule has 1 rings (SSSR count). The van der Waals surface area contributed by atoms with Gasteiger partial charge in [0, 0.05) is 0 Å². The maximum atomic E-state index is 10.5. The van der Waals surface area contributed by atoms with Crippen molar-refractivity contribution in [2.24, 2.45) is 5.73 Å². The Morgan fingerprint density at radius 1 is 1.58 bits per heavy atom. The molecule has 0 atom stereocenters. The highest BCUT2D eigenvalue weighted by molar-refractivity contribution is 5.93. The predicted molar refractivity (Wildman–Crippen MR) is 41.1 cm³/mol. The minimum atomic E-state index is -0.662. The molecule has 0 aliphatic carbocycles. The molecule has 5 nitrogen and oxygen atoms in total. The maximum Gasteiger partial charge on any atom is 0.284 e. The molecule has 1 heterocycles. The summed E-state index contributed by atoms with van der Waals surface area (Å²) in [6.45, 7) is 0. The van der Waals surface area contributed by atoms with E-state index in [2.05, 4.69) is 4.74 Å². The van der Waals surface area contributed by atoms with Crippen LogP contribution in [0.3, 0.4) is 0 Å². The Morgan fingerprint density at radius 3 is 2.58 bits per heavy atom. The summed E-state index contributed by atoms with van der Waals surface area (Å²) in [5, 5.41) is 7.16. The van der Waals surface area contributed by atoms with E-state index in [0.29, 0.717) is 0 Å². The highest BCUT2D eigenvalue weighted by Gasteiger charge is 2.10. The zero-order chi connectivity index (χ0) is 9.14. The zero-order valence-corrected chi connectivity index (χ0v) is 6.46. The number of carbonyl (C=O) groups excluding carboxylic acids is 1. The molecule has 0 spiro atoms. The quantitative estimate of drug-likeness (QED) is 0.493. The fourth-order valence-electron chi connectivity index (χ4n) is 0.693. The second-order valence-electron chi connectivity index (χ2n) is 2.06. The van der Waals surface area contributed by atoms with Crippen molar-refractivity contribution >= 4 is 11.8 Å². The number of primary amides is 1. The van der Waals surface area contributed by atoms with Gasteiger partial charge < -0.3 is 14.9 Å². The number of amides is 1. The number of methoxy groups -OCH3 is 1. The Labute approximate surface area is 68.6 Å². The molecule has 1 amide bonds. The predicted octanol–water partition coefficient (Wildman–Crippen LogP) is 0.350. The molecule has 1 aromatic rings. The van der Waals surface area contributed by atoms with E-state index >= 15 is 0 Å². The molecule has 0 aliphatic rings. The van der Waals surface area contributed by atoms with Gasteiger partial charge in [-0.05, 0) is 12.1 Å². The summed E-state index contributed by atoms with van der Waals surface area (Å²) in [6.07, 6.45) is 0. The molecule has 0 radical (unpaired) electrons. The van der Waals surface area contributed by atoms with E-state index in [0.717, 1.165) is 0 Å². The van der Waals surface area contributed by atoms with Crippen molar-refractivity contribution in [2.75, 3.05) is 7.11 Å². The van der Waals surface area contributed by atoms with E-state index in [1.54, 1.807) is 0 Å². The second kappa shape index (κ2) is 3.08. The lowest BCUT2D eigenvalue weighted by Crippen LogP contribution is -2.09. The lowest BCUT2D eigenvalue weighted by Gasteiger charge is -1.95. The molecular weight excluding hydrogens is 160 g/mol. The third-order valence-electron chi connectivity index (χ3n) is 1.28. The Kier molecular flexibility index (Phi) is 2.14. The van der Waals surface area contributed by atoms with Gasteiger partial charge in [0.15, 0.2) is 11.5 Å².